The molecule has 36 heavy (non-hydrogen) atoms. The van der Waals surface area contributed by atoms with E-state index in [-0.39, 0.29) is 16.7 Å². The van der Waals surface area contributed by atoms with E-state index in [1.807, 2.05) is 12.1 Å². The molecule has 2 aliphatic heterocycles. The van der Waals surface area contributed by atoms with Crippen molar-refractivity contribution in [2.24, 2.45) is 5.92 Å². The number of carbonyl (C=O) groups is 1. The molecule has 9 nitrogen and oxygen atoms in total. The van der Waals surface area contributed by atoms with Gasteiger partial charge in [0.1, 0.15) is 0 Å². The Morgan fingerprint density at radius 1 is 1.19 bits per heavy atom. The fourth-order valence-corrected chi connectivity index (χ4v) is 6.00. The van der Waals surface area contributed by atoms with Crippen LogP contribution in [0.15, 0.2) is 51.9 Å². The van der Waals surface area contributed by atoms with Crippen molar-refractivity contribution in [3.05, 3.63) is 58.9 Å². The van der Waals surface area contributed by atoms with Gasteiger partial charge >= 0.3 is 0 Å². The van der Waals surface area contributed by atoms with Gasteiger partial charge in [0.2, 0.25) is 27.6 Å². The van der Waals surface area contributed by atoms with E-state index in [4.69, 9.17) is 16.1 Å². The van der Waals surface area contributed by atoms with Gasteiger partial charge in [0.15, 0.2) is 0 Å². The summed E-state index contributed by atoms with van der Waals surface area (Å²) in [4.78, 5) is 22.2. The van der Waals surface area contributed by atoms with Crippen LogP contribution in [-0.2, 0) is 27.8 Å². The molecule has 1 atom stereocenters. The summed E-state index contributed by atoms with van der Waals surface area (Å²) in [5.74, 6) is 0.915. The fourth-order valence-electron chi connectivity index (χ4n) is 4.85. The minimum Gasteiger partial charge on any atom is -0.338 e. The number of likely N-dealkylation sites (tertiary alicyclic amines) is 1. The van der Waals surface area contributed by atoms with Gasteiger partial charge < -0.3 is 9.42 Å². The molecule has 1 amide bonds. The highest BCUT2D eigenvalue weighted by atomic mass is 35.5. The third-order valence-corrected chi connectivity index (χ3v) is 8.80. The second-order valence-corrected chi connectivity index (χ2v) is 12.0. The molecule has 1 saturated heterocycles. The lowest BCUT2D eigenvalue weighted by atomic mass is 9.96. The van der Waals surface area contributed by atoms with Crippen LogP contribution in [0.2, 0.25) is 5.02 Å². The number of nitrogens with zero attached hydrogens (tertiary/aromatic N) is 5. The first-order chi connectivity index (χ1) is 17.2. The lowest BCUT2D eigenvalue weighted by molar-refractivity contribution is -0.124. The Morgan fingerprint density at radius 2 is 2.03 bits per heavy atom. The molecule has 1 unspecified atom stereocenters. The average molecular weight is 530 g/mol. The van der Waals surface area contributed by atoms with Crippen molar-refractivity contribution >= 4 is 33.2 Å². The van der Waals surface area contributed by atoms with E-state index in [1.54, 1.807) is 35.2 Å². The molecule has 0 bridgehead atoms. The van der Waals surface area contributed by atoms with E-state index in [1.165, 1.54) is 18.4 Å². The van der Waals surface area contributed by atoms with Crippen LogP contribution in [-0.4, -0.2) is 67.4 Å². The van der Waals surface area contributed by atoms with E-state index in [0.717, 1.165) is 36.2 Å². The number of fused-ring (bicyclic) bond motifs is 1. The Bertz CT molecular complexity index is 1390. The zero-order valence-corrected chi connectivity index (χ0v) is 21.8. The van der Waals surface area contributed by atoms with Crippen LogP contribution < -0.4 is 4.90 Å². The van der Waals surface area contributed by atoms with Crippen LogP contribution in [0.1, 0.15) is 24.3 Å². The van der Waals surface area contributed by atoms with Crippen LogP contribution in [0.25, 0.3) is 11.4 Å². The molecular weight excluding hydrogens is 502 g/mol. The highest BCUT2D eigenvalue weighted by molar-refractivity contribution is 7.89. The largest absolute Gasteiger partial charge is 0.338 e. The van der Waals surface area contributed by atoms with Crippen LogP contribution in [0, 0.1) is 5.92 Å². The quantitative estimate of drug-likeness (QED) is 0.482. The summed E-state index contributed by atoms with van der Waals surface area (Å²) in [5, 5.41) is 4.68. The molecule has 2 aromatic carbocycles. The van der Waals surface area contributed by atoms with E-state index in [9.17, 15) is 13.2 Å². The average Bonchev–Trinajstić information content (AvgIpc) is 3.50. The predicted octanol–water partition coefficient (Wildman–Crippen LogP) is 3.44. The number of hydrogen-bond acceptors (Lipinski definition) is 7. The maximum atomic E-state index is 13.5. The molecule has 0 saturated carbocycles. The Morgan fingerprint density at radius 3 is 2.81 bits per heavy atom. The summed E-state index contributed by atoms with van der Waals surface area (Å²) in [6, 6.07) is 12.3. The van der Waals surface area contributed by atoms with Crippen molar-refractivity contribution in [1.29, 1.82) is 0 Å². The summed E-state index contributed by atoms with van der Waals surface area (Å²) >= 11 is 6.07. The molecule has 1 aromatic heterocycles. The van der Waals surface area contributed by atoms with Gasteiger partial charge in [-0.1, -0.05) is 28.9 Å². The summed E-state index contributed by atoms with van der Waals surface area (Å²) in [7, 11) is -0.488. The van der Waals surface area contributed by atoms with Gasteiger partial charge in [0.25, 0.3) is 0 Å². The minimum absolute atomic E-state index is 0.0758. The van der Waals surface area contributed by atoms with E-state index >= 15 is 0 Å². The van der Waals surface area contributed by atoms with Crippen molar-refractivity contribution in [3.8, 4) is 11.4 Å². The van der Waals surface area contributed by atoms with Gasteiger partial charge in [0, 0.05) is 43.5 Å². The number of anilines is 1. The second kappa shape index (κ2) is 9.93. The smallest absolute Gasteiger partial charge is 0.242 e. The third kappa shape index (κ3) is 4.90. The number of halogens is 1. The van der Waals surface area contributed by atoms with Gasteiger partial charge in [-0.25, -0.2) is 12.7 Å². The zero-order chi connectivity index (χ0) is 25.4. The molecule has 0 aliphatic carbocycles. The maximum Gasteiger partial charge on any atom is 0.242 e. The number of piperidine rings is 1. The first-order valence-electron chi connectivity index (χ1n) is 11.9. The molecule has 5 rings (SSSR count). The monoisotopic (exact) mass is 529 g/mol. The Balaban J connectivity index is 1.26. The minimum atomic E-state index is -3.52. The highest BCUT2D eigenvalue weighted by Crippen LogP contribution is 2.33. The van der Waals surface area contributed by atoms with E-state index < -0.39 is 10.0 Å². The molecular formula is C25H28ClN5O4S. The summed E-state index contributed by atoms with van der Waals surface area (Å²) in [6.45, 7) is 2.48. The number of aromatic nitrogens is 2. The normalized spacial score (nSPS) is 18.6. The van der Waals surface area contributed by atoms with Crippen molar-refractivity contribution in [3.63, 3.8) is 0 Å². The van der Waals surface area contributed by atoms with Crippen molar-refractivity contribution in [1.82, 2.24) is 19.3 Å². The lowest BCUT2D eigenvalue weighted by Crippen LogP contribution is -2.44. The molecule has 190 valence electrons. The predicted molar refractivity (Wildman–Crippen MR) is 136 cm³/mol. The highest BCUT2D eigenvalue weighted by Gasteiger charge is 2.34. The Labute approximate surface area is 215 Å². The topological polar surface area (TPSA) is 99.9 Å². The van der Waals surface area contributed by atoms with Crippen molar-refractivity contribution in [2.45, 2.75) is 30.7 Å². The summed E-state index contributed by atoms with van der Waals surface area (Å²) in [5.41, 5.74) is 2.48. The molecule has 0 spiro atoms. The summed E-state index contributed by atoms with van der Waals surface area (Å²) < 4.78 is 31.7. The Hall–Kier alpha value is -2.79. The summed E-state index contributed by atoms with van der Waals surface area (Å²) in [6.07, 6.45) is 2.35. The fraction of sp³-hybridized carbons (Fsp3) is 0.400. The van der Waals surface area contributed by atoms with Crippen LogP contribution in [0.4, 0.5) is 5.69 Å². The van der Waals surface area contributed by atoms with Gasteiger partial charge in [-0.15, -0.1) is 0 Å². The number of carbonyl (C=O) groups excluding carboxylic acids is 1. The van der Waals surface area contributed by atoms with Gasteiger partial charge in [-0.3, -0.25) is 9.69 Å². The molecule has 0 N–H and O–H groups in total. The van der Waals surface area contributed by atoms with Crippen LogP contribution in [0.3, 0.4) is 0 Å². The molecule has 1 fully saturated rings. The van der Waals surface area contributed by atoms with Crippen LogP contribution in [0.5, 0.6) is 0 Å². The standard InChI is InChI=1S/C25H28ClN5O4S/c1-29(2)36(33,34)21-8-9-22-17(14-21)10-12-31(22)25(32)19-6-4-11-30(15-19)16-23-27-24(28-35-23)18-5-3-7-20(26)13-18/h3,5,7-9,13-14,19H,4,6,10-12,15-16H2,1-2H3. The van der Waals surface area contributed by atoms with Crippen molar-refractivity contribution in [2.75, 3.05) is 38.6 Å². The van der Waals surface area contributed by atoms with Crippen LogP contribution >= 0.6 is 11.6 Å². The van der Waals surface area contributed by atoms with Gasteiger partial charge in [0.05, 0.1) is 17.4 Å². The van der Waals surface area contributed by atoms with Crippen molar-refractivity contribution < 1.29 is 17.7 Å². The first-order valence-corrected chi connectivity index (χ1v) is 13.7. The van der Waals surface area contributed by atoms with Gasteiger partial charge in [-0.2, -0.15) is 4.98 Å². The van der Waals surface area contributed by atoms with Gasteiger partial charge in [-0.05, 0) is 61.7 Å². The first kappa shape index (κ1) is 24.9. The molecule has 3 heterocycles. The number of rotatable bonds is 6. The SMILES string of the molecule is CN(C)S(=O)(=O)c1ccc2c(c1)CCN2C(=O)C1CCCN(Cc2nc(-c3cccc(Cl)c3)no2)C1. The third-order valence-electron chi connectivity index (χ3n) is 6.76. The molecule has 2 aliphatic rings. The molecule has 11 heteroatoms. The number of hydrogen-bond donors (Lipinski definition) is 0. The maximum absolute atomic E-state index is 13.5. The molecule has 0 radical (unpaired) electrons. The Kier molecular flexibility index (Phi) is 6.86. The second-order valence-electron chi connectivity index (χ2n) is 9.41. The number of sulfonamides is 1. The van der Waals surface area contributed by atoms with E-state index in [2.05, 4.69) is 15.0 Å². The molecule has 3 aromatic rings. The van der Waals surface area contributed by atoms with E-state index in [0.29, 0.717) is 42.8 Å². The zero-order valence-electron chi connectivity index (χ0n) is 20.2. The lowest BCUT2D eigenvalue weighted by Gasteiger charge is -2.33. The number of amides is 1. The number of benzene rings is 2.